The molecule has 1 amide bonds. The molecule has 2 aromatic heterocycles. The Morgan fingerprint density at radius 2 is 1.82 bits per heavy atom. The lowest BCUT2D eigenvalue weighted by molar-refractivity contribution is -0.145. The van der Waals surface area contributed by atoms with Crippen molar-refractivity contribution in [1.29, 1.82) is 0 Å². The van der Waals surface area contributed by atoms with E-state index in [1.54, 1.807) is 0 Å². The number of hydrogen-bond donors (Lipinski definition) is 1. The number of alkyl halides is 4. The number of nitrogens with one attached hydrogen (secondary N) is 1. The Labute approximate surface area is 219 Å². The van der Waals surface area contributed by atoms with Crippen molar-refractivity contribution in [3.8, 4) is 11.3 Å². The van der Waals surface area contributed by atoms with Gasteiger partial charge >= 0.3 is 6.18 Å². The number of carbonyl (C=O) groups excluding carboxylic acids is 1. The Hall–Kier alpha value is -3.49. The lowest BCUT2D eigenvalue weighted by atomic mass is 10.1. The summed E-state index contributed by atoms with van der Waals surface area (Å²) in [7, 11) is -3.03. The summed E-state index contributed by atoms with van der Waals surface area (Å²) in [5.41, 5.74) is 0.0866. The predicted octanol–water partition coefficient (Wildman–Crippen LogP) is 3.63. The largest absolute Gasteiger partial charge is 0.451 e. The number of pyridine rings is 1. The Morgan fingerprint density at radius 1 is 1.13 bits per heavy atom. The van der Waals surface area contributed by atoms with E-state index in [4.69, 9.17) is 11.6 Å². The Kier molecular flexibility index (Phi) is 7.76. The topological polar surface area (TPSA) is 105 Å². The predicted molar refractivity (Wildman–Crippen MR) is 128 cm³/mol. The van der Waals surface area contributed by atoms with Gasteiger partial charge in [0.2, 0.25) is 22.0 Å². The molecule has 4 rings (SSSR count). The first-order chi connectivity index (χ1) is 17.9. The van der Waals surface area contributed by atoms with Crippen molar-refractivity contribution in [2.45, 2.75) is 37.9 Å². The normalized spacial score (nSPS) is 19.4. The van der Waals surface area contributed by atoms with Crippen molar-refractivity contribution < 1.29 is 35.2 Å². The van der Waals surface area contributed by atoms with Crippen molar-refractivity contribution in [3.63, 3.8) is 0 Å². The second-order valence-corrected chi connectivity index (χ2v) is 9.66. The van der Waals surface area contributed by atoms with Crippen LogP contribution < -0.4 is 10.2 Å². The number of aromatic nitrogens is 3. The van der Waals surface area contributed by atoms with Gasteiger partial charge in [-0.15, -0.1) is 0 Å². The van der Waals surface area contributed by atoms with Crippen LogP contribution in [0.1, 0.15) is 18.3 Å². The molecule has 8 nitrogen and oxygen atoms in total. The Morgan fingerprint density at radius 3 is 2.42 bits per heavy atom. The van der Waals surface area contributed by atoms with Crippen LogP contribution in [0.15, 0.2) is 48.9 Å². The molecular weight excluding hydrogens is 557 g/mol. The molecule has 200 valence electrons. The van der Waals surface area contributed by atoms with Crippen LogP contribution in [0, 0.1) is 5.82 Å². The minimum Gasteiger partial charge on any atom is -0.306 e. The standard InChI is InChI=1S/C23H17ClF5N5O3S/c1-11-18(26)20(38(36)37)19(33-11)21(35)34(15-4-2-3-14(24)6-15)10-12-5-17(30-9-16(12)25)13-7-31-22(32-8-13)23(27,28)29/h2-9,11,18-19,33H,10H2,1H3/t11-,18+,19+/m0/s1. The third-order valence-electron chi connectivity index (χ3n) is 5.71. The Bertz CT molecular complexity index is 1510. The van der Waals surface area contributed by atoms with Crippen LogP contribution in [-0.4, -0.2) is 52.4 Å². The zero-order chi connectivity index (χ0) is 27.8. The molecule has 0 saturated carbocycles. The molecule has 1 saturated heterocycles. The average Bonchev–Trinajstić information content (AvgIpc) is 3.17. The monoisotopic (exact) mass is 573 g/mol. The van der Waals surface area contributed by atoms with E-state index in [1.165, 1.54) is 37.3 Å². The van der Waals surface area contributed by atoms with Gasteiger partial charge in [0.1, 0.15) is 16.7 Å². The van der Waals surface area contributed by atoms with Crippen LogP contribution in [0.3, 0.4) is 0 Å². The van der Waals surface area contributed by atoms with E-state index in [1.807, 2.05) is 0 Å². The second-order valence-electron chi connectivity index (χ2n) is 8.29. The molecule has 1 N–H and O–H groups in total. The van der Waals surface area contributed by atoms with Gasteiger partial charge in [-0.3, -0.25) is 15.1 Å². The summed E-state index contributed by atoms with van der Waals surface area (Å²) in [6, 6.07) is 4.50. The summed E-state index contributed by atoms with van der Waals surface area (Å²) in [5, 5.41) is 2.82. The SMILES string of the molecule is C[C@@H]1N[C@@H](C(=O)N(Cc2cc(-c3cnc(C(F)(F)F)nc3)ncc2F)c2cccc(Cl)c2)C(=S(=O)=O)[C@@H]1F. The molecule has 1 aliphatic rings. The van der Waals surface area contributed by atoms with Gasteiger partial charge in [0.25, 0.3) is 0 Å². The van der Waals surface area contributed by atoms with Gasteiger partial charge < -0.3 is 4.90 Å². The van der Waals surface area contributed by atoms with Crippen molar-refractivity contribution in [2.24, 2.45) is 0 Å². The second kappa shape index (κ2) is 10.7. The molecule has 1 fully saturated rings. The van der Waals surface area contributed by atoms with E-state index >= 15 is 0 Å². The fraction of sp³-hybridized carbons (Fsp3) is 0.261. The number of carbonyl (C=O) groups is 1. The zero-order valence-corrected chi connectivity index (χ0v) is 20.8. The molecule has 3 atom stereocenters. The van der Waals surface area contributed by atoms with Crippen LogP contribution in [0.25, 0.3) is 11.3 Å². The first-order valence-electron chi connectivity index (χ1n) is 10.8. The number of nitrogens with zero attached hydrogens (tertiary/aromatic N) is 4. The number of halogens is 6. The molecule has 3 aromatic rings. The minimum absolute atomic E-state index is 0.0120. The summed E-state index contributed by atoms with van der Waals surface area (Å²) in [5.74, 6) is -3.13. The van der Waals surface area contributed by atoms with Crippen LogP contribution in [0.4, 0.5) is 27.6 Å². The van der Waals surface area contributed by atoms with E-state index < -0.39 is 63.7 Å². The molecule has 0 radical (unpaired) electrons. The minimum atomic E-state index is -4.76. The number of rotatable bonds is 5. The summed E-state index contributed by atoms with van der Waals surface area (Å²) in [6.45, 7) is 0.889. The van der Waals surface area contributed by atoms with E-state index in [2.05, 4.69) is 20.3 Å². The number of amides is 1. The van der Waals surface area contributed by atoms with Crippen LogP contribution in [0.2, 0.25) is 5.02 Å². The molecule has 0 aliphatic carbocycles. The van der Waals surface area contributed by atoms with Crippen molar-refractivity contribution >= 4 is 38.4 Å². The van der Waals surface area contributed by atoms with E-state index in [-0.39, 0.29) is 27.5 Å². The van der Waals surface area contributed by atoms with Crippen molar-refractivity contribution in [3.05, 3.63) is 71.2 Å². The van der Waals surface area contributed by atoms with E-state index in [0.29, 0.717) is 0 Å². The molecule has 3 heterocycles. The maximum absolute atomic E-state index is 14.8. The van der Waals surface area contributed by atoms with Gasteiger partial charge in [-0.05, 0) is 31.2 Å². The van der Waals surface area contributed by atoms with Gasteiger partial charge in [-0.25, -0.2) is 18.7 Å². The molecule has 15 heteroatoms. The quantitative estimate of drug-likeness (QED) is 0.367. The smallest absolute Gasteiger partial charge is 0.306 e. The molecule has 0 unspecified atom stereocenters. The van der Waals surface area contributed by atoms with Crippen molar-refractivity contribution in [2.75, 3.05) is 4.90 Å². The van der Waals surface area contributed by atoms with E-state index in [9.17, 15) is 35.2 Å². The fourth-order valence-electron chi connectivity index (χ4n) is 3.85. The van der Waals surface area contributed by atoms with E-state index in [0.717, 1.165) is 23.5 Å². The molecule has 38 heavy (non-hydrogen) atoms. The van der Waals surface area contributed by atoms with Crippen LogP contribution in [0.5, 0.6) is 0 Å². The van der Waals surface area contributed by atoms with Gasteiger partial charge in [-0.1, -0.05) is 17.7 Å². The third kappa shape index (κ3) is 5.66. The first kappa shape index (κ1) is 27.5. The van der Waals surface area contributed by atoms with Gasteiger partial charge in [-0.2, -0.15) is 21.6 Å². The van der Waals surface area contributed by atoms with Gasteiger partial charge in [0, 0.05) is 40.3 Å². The van der Waals surface area contributed by atoms with Gasteiger partial charge in [0.05, 0.1) is 18.4 Å². The summed E-state index contributed by atoms with van der Waals surface area (Å²) < 4.78 is 91.3. The zero-order valence-electron chi connectivity index (χ0n) is 19.2. The Balaban J connectivity index is 1.74. The highest BCUT2D eigenvalue weighted by Gasteiger charge is 2.44. The van der Waals surface area contributed by atoms with Crippen LogP contribution in [-0.2, 0) is 27.8 Å². The molecule has 0 bridgehead atoms. The highest BCUT2D eigenvalue weighted by molar-refractivity contribution is 7.73. The van der Waals surface area contributed by atoms with Crippen LogP contribution >= 0.6 is 11.6 Å². The third-order valence-corrected chi connectivity index (χ3v) is 6.80. The average molecular weight is 574 g/mol. The number of hydrogen-bond acceptors (Lipinski definition) is 7. The molecule has 0 spiro atoms. The highest BCUT2D eigenvalue weighted by atomic mass is 35.5. The molecular formula is C23H17ClF5N5O3S. The maximum atomic E-state index is 14.8. The number of anilines is 1. The molecule has 1 aromatic carbocycles. The summed E-state index contributed by atoms with van der Waals surface area (Å²) >= 11 is 6.07. The lowest BCUT2D eigenvalue weighted by Crippen LogP contribution is -2.48. The number of benzene rings is 1. The van der Waals surface area contributed by atoms with Crippen molar-refractivity contribution in [1.82, 2.24) is 20.3 Å². The lowest BCUT2D eigenvalue weighted by Gasteiger charge is -2.26. The summed E-state index contributed by atoms with van der Waals surface area (Å²) in [4.78, 5) is 24.3. The fourth-order valence-corrected chi connectivity index (χ4v) is 4.78. The first-order valence-corrected chi connectivity index (χ1v) is 12.3. The van der Waals surface area contributed by atoms with Gasteiger partial charge in [0.15, 0.2) is 6.17 Å². The highest BCUT2D eigenvalue weighted by Crippen LogP contribution is 2.29. The molecule has 1 aliphatic heterocycles. The summed E-state index contributed by atoms with van der Waals surface area (Å²) in [6.07, 6.45) is -4.16. The maximum Gasteiger partial charge on any atom is 0.451 e.